The molecule has 1 saturated heterocycles. The predicted molar refractivity (Wildman–Crippen MR) is 269 cm³/mol. The first-order valence-corrected chi connectivity index (χ1v) is 26.2. The number of aliphatic imine (C=N–C) groups is 1. The van der Waals surface area contributed by atoms with E-state index in [0.717, 1.165) is 56.4 Å². The molecule has 21 nitrogen and oxygen atoms in total. The van der Waals surface area contributed by atoms with Crippen LogP contribution in [0.1, 0.15) is 149 Å². The third-order valence-corrected chi connectivity index (χ3v) is 13.3. The average Bonchev–Trinajstić information content (AvgIpc) is 3.32. The fourth-order valence-corrected chi connectivity index (χ4v) is 9.10. The van der Waals surface area contributed by atoms with Crippen LogP contribution in [0.5, 0.6) is 0 Å². The number of ketones is 1. The monoisotopic (exact) mass is 1010 g/mol. The fourth-order valence-electron chi connectivity index (χ4n) is 8.24. The number of carbonyl (C=O) groups excluding carboxylic acids is 9. The Bertz CT molecular complexity index is 1780. The topological polar surface area (TPSA) is 321 Å². The van der Waals surface area contributed by atoms with Gasteiger partial charge in [-0.1, -0.05) is 90.9 Å². The van der Waals surface area contributed by atoms with Crippen molar-refractivity contribution >= 4 is 70.8 Å². The summed E-state index contributed by atoms with van der Waals surface area (Å²) in [6.07, 6.45) is 15.6. The molecule has 0 aliphatic carbocycles. The smallest absolute Gasteiger partial charge is 0.248 e. The van der Waals surface area contributed by atoms with Crippen molar-refractivity contribution in [2.45, 2.75) is 179 Å². The van der Waals surface area contributed by atoms with Crippen LogP contribution in [0.15, 0.2) is 16.6 Å². The molecule has 1 spiro atoms. The van der Waals surface area contributed by atoms with Gasteiger partial charge in [-0.05, 0) is 50.4 Å². The Labute approximate surface area is 418 Å². The second kappa shape index (κ2) is 34.1. The third-order valence-electron chi connectivity index (χ3n) is 12.3. The summed E-state index contributed by atoms with van der Waals surface area (Å²) in [7, 11) is 3.62. The van der Waals surface area contributed by atoms with Crippen molar-refractivity contribution < 1.29 is 48.3 Å². The Morgan fingerprint density at radius 2 is 1.40 bits per heavy atom. The van der Waals surface area contributed by atoms with Crippen LogP contribution in [-0.4, -0.2) is 133 Å². The number of nitrogens with two attached hydrogens (primary N) is 1. The molecule has 6 unspecified atom stereocenters. The van der Waals surface area contributed by atoms with Gasteiger partial charge < -0.3 is 58.7 Å². The molecule has 2 heterocycles. The van der Waals surface area contributed by atoms with Crippen molar-refractivity contribution in [3.63, 3.8) is 0 Å². The van der Waals surface area contributed by atoms with Gasteiger partial charge >= 0.3 is 0 Å². The number of nitrogens with one attached hydrogen (secondary N) is 9. The van der Waals surface area contributed by atoms with Gasteiger partial charge in [0.05, 0.1) is 19.2 Å². The van der Waals surface area contributed by atoms with E-state index in [0.29, 0.717) is 6.42 Å². The lowest BCUT2D eigenvalue weighted by atomic mass is 9.83. The first-order valence-electron chi connectivity index (χ1n) is 25.1. The molecule has 8 amide bonds. The van der Waals surface area contributed by atoms with Gasteiger partial charge in [-0.25, -0.2) is 0 Å². The molecular weight excluding hydrogens is 923 g/mol. The number of nitrogens with zero attached hydrogens (tertiary/aromatic N) is 1. The molecule has 2 aliphatic rings. The van der Waals surface area contributed by atoms with Gasteiger partial charge in [0.25, 0.3) is 0 Å². The molecule has 12 N–H and O–H groups in total. The van der Waals surface area contributed by atoms with Crippen LogP contribution in [0, 0.1) is 11.8 Å². The molecule has 6 atom stereocenters. The second-order valence-corrected chi connectivity index (χ2v) is 19.6. The number of primary amides is 1. The molecule has 0 aromatic carbocycles. The van der Waals surface area contributed by atoms with Gasteiger partial charge in [0.1, 0.15) is 23.7 Å². The van der Waals surface area contributed by atoms with E-state index in [9.17, 15) is 48.3 Å². The van der Waals surface area contributed by atoms with E-state index < -0.39 is 109 Å². The number of thioether (sulfide) groups is 1. The Balaban J connectivity index is 2.10. The largest absolute Gasteiger partial charge is 0.394 e. The maximum absolute atomic E-state index is 14.7. The molecule has 22 heteroatoms. The summed E-state index contributed by atoms with van der Waals surface area (Å²) in [6.45, 7) is 4.71. The zero-order valence-corrected chi connectivity index (χ0v) is 43.0. The van der Waals surface area contributed by atoms with Crippen LogP contribution in [-0.2, 0) is 43.2 Å². The third kappa shape index (κ3) is 24.0. The van der Waals surface area contributed by atoms with E-state index in [-0.39, 0.29) is 43.3 Å². The minimum atomic E-state index is -2.07. The maximum atomic E-state index is 14.7. The Hall–Kier alpha value is -5.25. The van der Waals surface area contributed by atoms with Crippen LogP contribution >= 0.6 is 11.8 Å². The average molecular weight is 1010 g/mol. The van der Waals surface area contributed by atoms with Crippen molar-refractivity contribution in [1.29, 1.82) is 0 Å². The number of Topliss-reactive ketones (excluding diaryl/α,β-unsaturated/α-hetero) is 1. The lowest BCUT2D eigenvalue weighted by Gasteiger charge is -2.36. The van der Waals surface area contributed by atoms with Crippen molar-refractivity contribution in [3.05, 3.63) is 11.6 Å². The van der Waals surface area contributed by atoms with Gasteiger partial charge in [-0.2, -0.15) is 0 Å². The highest BCUT2D eigenvalue weighted by Crippen LogP contribution is 2.28. The van der Waals surface area contributed by atoms with E-state index in [1.165, 1.54) is 69.9 Å². The SMILES string of the molecule is CN=C(NC)NCCCCCCCCCCCCCCCCC(=O)NC(C)C(=O)CC1CC2(CS/C=C\NC(=O)C(CO)NC(=O)C(CCC(N)=O)NC2=O)NC(=O)CNC(=O)C(CC(C)C)NC1=O. The molecule has 0 radical (unpaired) electrons. The quantitative estimate of drug-likeness (QED) is 0.0313. The summed E-state index contributed by atoms with van der Waals surface area (Å²) in [5, 5.41) is 35.5. The molecule has 0 bridgehead atoms. The summed E-state index contributed by atoms with van der Waals surface area (Å²) in [6, 6.07) is -5.11. The fraction of sp³-hybridized carbons (Fsp3) is 0.750. The number of hydrogen-bond acceptors (Lipinski definition) is 12. The van der Waals surface area contributed by atoms with Gasteiger partial charge in [-0.15, -0.1) is 11.8 Å². The Kier molecular flexibility index (Phi) is 29.7. The highest BCUT2D eigenvalue weighted by Gasteiger charge is 2.46. The number of carbonyl (C=O) groups is 9. The molecule has 1 fully saturated rings. The molecule has 2 aliphatic heterocycles. The second-order valence-electron chi connectivity index (χ2n) is 18.7. The summed E-state index contributed by atoms with van der Waals surface area (Å²) in [5.41, 5.74) is 3.31. The highest BCUT2D eigenvalue weighted by molar-refractivity contribution is 8.02. The van der Waals surface area contributed by atoms with Crippen molar-refractivity contribution in [2.24, 2.45) is 22.6 Å². The van der Waals surface area contributed by atoms with Crippen LogP contribution in [0.2, 0.25) is 0 Å². The number of unbranched alkanes of at least 4 members (excludes halogenated alkanes) is 13. The number of aliphatic hydroxyl groups is 1. The van der Waals surface area contributed by atoms with Crippen LogP contribution < -0.4 is 53.6 Å². The summed E-state index contributed by atoms with van der Waals surface area (Å²) in [5.74, 6) is -7.60. The normalized spacial score (nSPS) is 22.8. The number of hydrogen-bond donors (Lipinski definition) is 11. The standard InChI is InChI=1S/C48H83N11O10S/c1-32(2)26-36-43(66)54-29-41(64)59-48(31-70-25-24-52-44(67)37(30-60)57-45(68)35(58-46(48)69)21-22-39(49)62)28-34(42(65)56-36)27-38(61)33(3)55-40(63)20-18-16-14-12-10-8-6-7-9-11-13-15-17-19-23-53-47(50-4)51-5/h24-25,32-37,60H,6-23,26-31H2,1-5H3,(H2,49,62)(H,52,67)(H,54,66)(H,55,63)(H,56,65)(H,57,68)(H,58,69)(H,59,64)(H2,50,51,53)/b25-24-. The summed E-state index contributed by atoms with van der Waals surface area (Å²) in [4.78, 5) is 125. The molecule has 70 heavy (non-hydrogen) atoms. The minimum absolute atomic E-state index is 0.0797. The van der Waals surface area contributed by atoms with Gasteiger partial charge in [-0.3, -0.25) is 48.1 Å². The number of rotatable bonds is 27. The first kappa shape index (κ1) is 60.9. The highest BCUT2D eigenvalue weighted by atomic mass is 32.2. The summed E-state index contributed by atoms with van der Waals surface area (Å²) >= 11 is 0.940. The first-order chi connectivity index (χ1) is 33.4. The van der Waals surface area contributed by atoms with Crippen molar-refractivity contribution in [2.75, 3.05) is 39.5 Å². The lowest BCUT2D eigenvalue weighted by Crippen LogP contribution is -2.65. The molecular formula is C48H83N11O10S. The molecule has 0 saturated carbocycles. The van der Waals surface area contributed by atoms with Gasteiger partial charge in [0.15, 0.2) is 11.7 Å². The summed E-state index contributed by atoms with van der Waals surface area (Å²) < 4.78 is 0. The van der Waals surface area contributed by atoms with E-state index in [1.54, 1.807) is 7.05 Å². The zero-order chi connectivity index (χ0) is 51.9. The van der Waals surface area contributed by atoms with Gasteiger partial charge in [0.2, 0.25) is 47.3 Å². The predicted octanol–water partition coefficient (Wildman–Crippen LogP) is 1.18. The van der Waals surface area contributed by atoms with E-state index in [4.69, 9.17) is 5.73 Å². The number of aliphatic hydroxyl groups excluding tert-OH is 1. The van der Waals surface area contributed by atoms with Crippen LogP contribution in [0.25, 0.3) is 0 Å². The van der Waals surface area contributed by atoms with E-state index in [2.05, 4.69) is 52.8 Å². The molecule has 2 rings (SSSR count). The Morgan fingerprint density at radius 3 is 1.97 bits per heavy atom. The van der Waals surface area contributed by atoms with Crippen molar-refractivity contribution in [1.82, 2.24) is 47.9 Å². The van der Waals surface area contributed by atoms with Crippen LogP contribution in [0.3, 0.4) is 0 Å². The van der Waals surface area contributed by atoms with E-state index >= 15 is 0 Å². The lowest BCUT2D eigenvalue weighted by molar-refractivity contribution is -0.138. The maximum Gasteiger partial charge on any atom is 0.248 e. The van der Waals surface area contributed by atoms with Crippen molar-refractivity contribution in [3.8, 4) is 0 Å². The number of amides is 8. The molecule has 0 aromatic heterocycles. The van der Waals surface area contributed by atoms with Crippen LogP contribution in [0.4, 0.5) is 0 Å². The number of guanidine groups is 1. The van der Waals surface area contributed by atoms with E-state index in [1.807, 2.05) is 20.9 Å². The zero-order valence-electron chi connectivity index (χ0n) is 42.1. The molecule has 396 valence electrons. The minimum Gasteiger partial charge on any atom is -0.394 e. The molecule has 0 aromatic rings. The van der Waals surface area contributed by atoms with Gasteiger partial charge in [0, 0.05) is 57.8 Å². The Morgan fingerprint density at radius 1 is 0.800 bits per heavy atom.